The number of nitrogens with zero attached hydrogens (tertiary/aromatic N) is 1. The van der Waals surface area contributed by atoms with Gasteiger partial charge < -0.3 is 8.83 Å². The number of Topliss-reactive ketones (excluding diaryl/α,β-unsaturated/α-hetero) is 1. The molecule has 3 aromatic rings. The maximum Gasteiger partial charge on any atom is 0.285 e. The average molecular weight is 375 g/mol. The first-order valence-corrected chi connectivity index (χ1v) is 8.94. The number of carbonyl (C=O) groups excluding carboxylic acids is 2. The van der Waals surface area contributed by atoms with Crippen molar-refractivity contribution in [3.8, 4) is 0 Å². The molecule has 1 amide bonds. The minimum atomic E-state index is -0.405. The Morgan fingerprint density at radius 1 is 0.926 bits per heavy atom. The van der Waals surface area contributed by atoms with E-state index in [-0.39, 0.29) is 5.78 Å². The summed E-state index contributed by atoms with van der Waals surface area (Å²) >= 11 is 1.14. The summed E-state index contributed by atoms with van der Waals surface area (Å²) in [5, 5.41) is 0.336. The van der Waals surface area contributed by atoms with Crippen LogP contribution in [0.2, 0.25) is 0 Å². The zero-order valence-electron chi connectivity index (χ0n) is 14.0. The third kappa shape index (κ3) is 3.75. The third-order valence-corrected chi connectivity index (χ3v) is 4.79. The monoisotopic (exact) mass is 375 g/mol. The van der Waals surface area contributed by atoms with Gasteiger partial charge in [0.05, 0.1) is 23.0 Å². The predicted molar refractivity (Wildman–Crippen MR) is 104 cm³/mol. The molecule has 27 heavy (non-hydrogen) atoms. The van der Waals surface area contributed by atoms with Crippen LogP contribution in [0.15, 0.2) is 91.4 Å². The van der Waals surface area contributed by atoms with Crippen molar-refractivity contribution in [1.29, 1.82) is 0 Å². The van der Waals surface area contributed by atoms with Crippen LogP contribution in [0.25, 0.3) is 12.2 Å². The predicted octanol–water partition coefficient (Wildman–Crippen LogP) is 4.85. The van der Waals surface area contributed by atoms with E-state index >= 15 is 0 Å². The highest BCUT2D eigenvalue weighted by Crippen LogP contribution is 2.33. The van der Waals surface area contributed by atoms with E-state index in [1.807, 2.05) is 6.07 Å². The second-order valence-electron chi connectivity index (χ2n) is 5.62. The zero-order valence-corrected chi connectivity index (χ0v) is 14.8. The number of ketones is 1. The van der Waals surface area contributed by atoms with E-state index in [0.29, 0.717) is 32.6 Å². The molecule has 6 heteroatoms. The van der Waals surface area contributed by atoms with Gasteiger partial charge in [-0.05, 0) is 30.3 Å². The van der Waals surface area contributed by atoms with Crippen molar-refractivity contribution in [1.82, 2.24) is 0 Å². The molecule has 0 atom stereocenters. The number of furan rings is 2. The first-order chi connectivity index (χ1) is 13.2. The Hall–Kier alpha value is -3.38. The Morgan fingerprint density at radius 2 is 1.63 bits per heavy atom. The number of hydrogen-bond acceptors (Lipinski definition) is 5. The quantitative estimate of drug-likeness (QED) is 0.471. The van der Waals surface area contributed by atoms with Crippen LogP contribution in [0.3, 0.4) is 0 Å². The van der Waals surface area contributed by atoms with Crippen LogP contribution >= 0.6 is 11.8 Å². The minimum absolute atomic E-state index is 0.231. The normalized spacial score (nSPS) is 16.0. The highest BCUT2D eigenvalue weighted by molar-refractivity contribution is 8.19. The molecule has 0 saturated heterocycles. The standard InChI is InChI=1S/C21H13NO4S/c23-19(14-6-2-1-3-7-14)17(12-15-8-4-10-25-15)21-22-20(24)18(27-21)13-16-9-5-11-26-16/h1-13H/b17-12-,18-13-. The molecule has 0 radical (unpaired) electrons. The highest BCUT2D eigenvalue weighted by Gasteiger charge is 2.28. The first-order valence-electron chi connectivity index (χ1n) is 8.12. The summed E-state index contributed by atoms with van der Waals surface area (Å²) in [5.41, 5.74) is 0.812. The van der Waals surface area contributed by atoms with Crippen LogP contribution in [-0.4, -0.2) is 16.7 Å². The van der Waals surface area contributed by atoms with Crippen molar-refractivity contribution in [3.63, 3.8) is 0 Å². The zero-order chi connectivity index (χ0) is 18.6. The topological polar surface area (TPSA) is 72.8 Å². The van der Waals surface area contributed by atoms with Crippen molar-refractivity contribution in [2.45, 2.75) is 0 Å². The fourth-order valence-corrected chi connectivity index (χ4v) is 3.42. The summed E-state index contributed by atoms with van der Waals surface area (Å²) in [7, 11) is 0. The van der Waals surface area contributed by atoms with Crippen LogP contribution in [0.1, 0.15) is 21.9 Å². The van der Waals surface area contributed by atoms with Gasteiger partial charge in [-0.3, -0.25) is 9.59 Å². The molecule has 1 aliphatic heterocycles. The molecule has 4 rings (SSSR count). The van der Waals surface area contributed by atoms with Crippen LogP contribution in [0.5, 0.6) is 0 Å². The molecule has 5 nitrogen and oxygen atoms in total. The summed E-state index contributed by atoms with van der Waals surface area (Å²) in [4.78, 5) is 29.8. The van der Waals surface area contributed by atoms with Crippen molar-refractivity contribution < 1.29 is 18.4 Å². The van der Waals surface area contributed by atoms with Crippen LogP contribution < -0.4 is 0 Å². The molecular formula is C21H13NO4S. The van der Waals surface area contributed by atoms with Crippen LogP contribution in [-0.2, 0) is 4.79 Å². The Morgan fingerprint density at radius 3 is 2.30 bits per heavy atom. The molecule has 2 aromatic heterocycles. The maximum atomic E-state index is 13.0. The number of benzene rings is 1. The van der Waals surface area contributed by atoms with Crippen molar-refractivity contribution in [2.75, 3.05) is 0 Å². The van der Waals surface area contributed by atoms with E-state index in [1.54, 1.807) is 60.7 Å². The molecule has 0 aliphatic carbocycles. The molecule has 0 saturated carbocycles. The summed E-state index contributed by atoms with van der Waals surface area (Å²) in [6, 6.07) is 15.8. The SMILES string of the molecule is O=C1N=C(/C(=C\c2ccco2)C(=O)c2ccccc2)S/C1=C\c1ccco1. The highest BCUT2D eigenvalue weighted by atomic mass is 32.2. The van der Waals surface area contributed by atoms with Gasteiger partial charge in [-0.15, -0.1) is 0 Å². The second kappa shape index (κ2) is 7.47. The summed E-state index contributed by atoms with van der Waals surface area (Å²) in [5.74, 6) is 0.421. The lowest BCUT2D eigenvalue weighted by molar-refractivity contribution is -0.113. The number of thioether (sulfide) groups is 1. The van der Waals surface area contributed by atoms with Crippen molar-refractivity contribution >= 4 is 40.6 Å². The summed E-state index contributed by atoms with van der Waals surface area (Å²) in [6.07, 6.45) is 6.26. The number of aliphatic imine (C=N–C) groups is 1. The minimum Gasteiger partial charge on any atom is -0.465 e. The van der Waals surface area contributed by atoms with Gasteiger partial charge in [0.25, 0.3) is 5.91 Å². The largest absolute Gasteiger partial charge is 0.465 e. The van der Waals surface area contributed by atoms with E-state index in [2.05, 4.69) is 4.99 Å². The lowest BCUT2D eigenvalue weighted by Gasteiger charge is -2.05. The maximum absolute atomic E-state index is 13.0. The Labute approximate surface area is 159 Å². The van der Waals surface area contributed by atoms with Gasteiger partial charge in [0.1, 0.15) is 16.6 Å². The average Bonchev–Trinajstić information content (AvgIpc) is 3.44. The lowest BCUT2D eigenvalue weighted by Crippen LogP contribution is -2.09. The molecule has 3 heterocycles. The Bertz CT molecular complexity index is 1060. The molecule has 0 spiro atoms. The van der Waals surface area contributed by atoms with E-state index in [9.17, 15) is 9.59 Å². The first kappa shape index (κ1) is 17.1. The van der Waals surface area contributed by atoms with Crippen LogP contribution in [0, 0.1) is 0 Å². The number of rotatable bonds is 5. The molecule has 1 aliphatic rings. The van der Waals surface area contributed by atoms with Gasteiger partial charge in [0.2, 0.25) is 0 Å². The van der Waals surface area contributed by atoms with Gasteiger partial charge in [0, 0.05) is 11.6 Å². The van der Waals surface area contributed by atoms with Crippen molar-refractivity contribution in [2.24, 2.45) is 4.99 Å². The molecule has 0 bridgehead atoms. The van der Waals surface area contributed by atoms with Crippen LogP contribution in [0.4, 0.5) is 0 Å². The lowest BCUT2D eigenvalue weighted by atomic mass is 10.0. The number of carbonyl (C=O) groups is 2. The molecule has 0 unspecified atom stereocenters. The number of hydrogen-bond donors (Lipinski definition) is 0. The summed E-state index contributed by atoms with van der Waals surface area (Å²) in [6.45, 7) is 0. The van der Waals surface area contributed by atoms with E-state index in [1.165, 1.54) is 12.5 Å². The van der Waals surface area contributed by atoms with E-state index in [4.69, 9.17) is 8.83 Å². The smallest absolute Gasteiger partial charge is 0.285 e. The second-order valence-corrected chi connectivity index (χ2v) is 6.65. The fraction of sp³-hybridized carbons (Fsp3) is 0. The van der Waals surface area contributed by atoms with Gasteiger partial charge in [-0.2, -0.15) is 0 Å². The molecule has 0 fully saturated rings. The van der Waals surface area contributed by atoms with E-state index in [0.717, 1.165) is 11.8 Å². The van der Waals surface area contributed by atoms with Gasteiger partial charge in [0.15, 0.2) is 5.78 Å². The summed E-state index contributed by atoms with van der Waals surface area (Å²) < 4.78 is 10.6. The van der Waals surface area contributed by atoms with Crippen molar-refractivity contribution in [3.05, 3.63) is 94.7 Å². The molecule has 132 valence electrons. The van der Waals surface area contributed by atoms with E-state index < -0.39 is 5.91 Å². The molecule has 1 aromatic carbocycles. The Kier molecular flexibility index (Phi) is 4.72. The Balaban J connectivity index is 1.71. The molecular weight excluding hydrogens is 362 g/mol. The molecule has 0 N–H and O–H groups in total. The fourth-order valence-electron chi connectivity index (χ4n) is 2.51. The third-order valence-electron chi connectivity index (χ3n) is 3.78. The number of amides is 1. The van der Waals surface area contributed by atoms with Gasteiger partial charge in [-0.1, -0.05) is 42.1 Å². The van der Waals surface area contributed by atoms with Gasteiger partial charge >= 0.3 is 0 Å². The van der Waals surface area contributed by atoms with Gasteiger partial charge in [-0.25, -0.2) is 4.99 Å².